The molecule has 0 saturated carbocycles. The van der Waals surface area contributed by atoms with Gasteiger partial charge in [-0.15, -0.1) is 0 Å². The third-order valence-corrected chi connectivity index (χ3v) is 4.47. The van der Waals surface area contributed by atoms with Gasteiger partial charge in [0.15, 0.2) is 6.10 Å². The molecule has 0 saturated heterocycles. The lowest BCUT2D eigenvalue weighted by Gasteiger charge is -2.19. The Hall–Kier alpha value is -1.81. The standard InChI is InChI=1S/C18H18BrNO2/c1-12(22-15-9-7-14(19)8-10-15)18(21)20-17-11-6-13-4-2-3-5-16(13)17/h2-5,7-10,12,17H,6,11H2,1H3,(H,20,21). The highest BCUT2D eigenvalue weighted by atomic mass is 79.9. The molecule has 2 aromatic rings. The van der Waals surface area contributed by atoms with Gasteiger partial charge in [0.05, 0.1) is 6.04 Å². The predicted molar refractivity (Wildman–Crippen MR) is 89.9 cm³/mol. The number of carbonyl (C=O) groups excluding carboxylic acids is 1. The lowest BCUT2D eigenvalue weighted by molar-refractivity contribution is -0.128. The molecule has 2 atom stereocenters. The minimum absolute atomic E-state index is 0.0791. The number of fused-ring (bicyclic) bond motifs is 1. The van der Waals surface area contributed by atoms with Crippen LogP contribution in [-0.4, -0.2) is 12.0 Å². The van der Waals surface area contributed by atoms with Gasteiger partial charge < -0.3 is 10.1 Å². The van der Waals surface area contributed by atoms with E-state index < -0.39 is 6.10 Å². The summed E-state index contributed by atoms with van der Waals surface area (Å²) in [6, 6.07) is 15.9. The summed E-state index contributed by atoms with van der Waals surface area (Å²) in [6.07, 6.45) is 1.45. The van der Waals surface area contributed by atoms with Crippen LogP contribution in [0, 0.1) is 0 Å². The van der Waals surface area contributed by atoms with E-state index in [9.17, 15) is 4.79 Å². The number of hydrogen-bond acceptors (Lipinski definition) is 2. The van der Waals surface area contributed by atoms with E-state index in [-0.39, 0.29) is 11.9 Å². The van der Waals surface area contributed by atoms with E-state index in [2.05, 4.69) is 33.4 Å². The number of benzene rings is 2. The third-order valence-electron chi connectivity index (χ3n) is 3.95. The molecule has 114 valence electrons. The number of halogens is 1. The highest BCUT2D eigenvalue weighted by Crippen LogP contribution is 2.30. The van der Waals surface area contributed by atoms with Crippen LogP contribution in [0.15, 0.2) is 53.0 Å². The molecule has 0 radical (unpaired) electrons. The molecule has 0 heterocycles. The maximum atomic E-state index is 12.3. The SMILES string of the molecule is CC(Oc1ccc(Br)cc1)C(=O)NC1CCc2ccccc21. The van der Waals surface area contributed by atoms with E-state index in [0.29, 0.717) is 5.75 Å². The van der Waals surface area contributed by atoms with E-state index in [1.54, 1.807) is 6.92 Å². The van der Waals surface area contributed by atoms with Crippen LogP contribution in [0.2, 0.25) is 0 Å². The molecule has 1 aliphatic rings. The van der Waals surface area contributed by atoms with Crippen molar-refractivity contribution in [1.82, 2.24) is 5.32 Å². The smallest absolute Gasteiger partial charge is 0.261 e. The second kappa shape index (κ2) is 6.53. The Morgan fingerprint density at radius 2 is 1.95 bits per heavy atom. The Kier molecular flexibility index (Phi) is 4.48. The molecule has 3 rings (SSSR count). The lowest BCUT2D eigenvalue weighted by Crippen LogP contribution is -2.38. The van der Waals surface area contributed by atoms with Crippen molar-refractivity contribution in [2.24, 2.45) is 0 Å². The molecule has 2 unspecified atom stereocenters. The zero-order valence-electron chi connectivity index (χ0n) is 12.4. The summed E-state index contributed by atoms with van der Waals surface area (Å²) in [5, 5.41) is 3.09. The summed E-state index contributed by atoms with van der Waals surface area (Å²) in [5.74, 6) is 0.613. The van der Waals surface area contributed by atoms with Gasteiger partial charge in [0.1, 0.15) is 5.75 Å². The second-order valence-corrected chi connectivity index (χ2v) is 6.43. The second-order valence-electron chi connectivity index (χ2n) is 5.51. The van der Waals surface area contributed by atoms with E-state index in [1.807, 2.05) is 36.4 Å². The fourth-order valence-electron chi connectivity index (χ4n) is 2.77. The Morgan fingerprint density at radius 3 is 2.73 bits per heavy atom. The summed E-state index contributed by atoms with van der Waals surface area (Å²) in [7, 11) is 0. The largest absolute Gasteiger partial charge is 0.481 e. The minimum atomic E-state index is -0.520. The number of aryl methyl sites for hydroxylation is 1. The first-order chi connectivity index (χ1) is 10.6. The highest BCUT2D eigenvalue weighted by Gasteiger charge is 2.25. The van der Waals surface area contributed by atoms with E-state index >= 15 is 0 Å². The molecular formula is C18H18BrNO2. The summed E-state index contributed by atoms with van der Waals surface area (Å²) in [5.41, 5.74) is 2.56. The molecule has 4 heteroatoms. The fraction of sp³-hybridized carbons (Fsp3) is 0.278. The van der Waals surface area contributed by atoms with E-state index in [4.69, 9.17) is 4.74 Å². The number of rotatable bonds is 4. The lowest BCUT2D eigenvalue weighted by atomic mass is 10.1. The van der Waals surface area contributed by atoms with Crippen LogP contribution in [-0.2, 0) is 11.2 Å². The van der Waals surface area contributed by atoms with Crippen LogP contribution in [0.3, 0.4) is 0 Å². The van der Waals surface area contributed by atoms with Gasteiger partial charge >= 0.3 is 0 Å². The molecule has 0 aromatic heterocycles. The maximum Gasteiger partial charge on any atom is 0.261 e. The van der Waals surface area contributed by atoms with Gasteiger partial charge in [0.2, 0.25) is 0 Å². The van der Waals surface area contributed by atoms with Gasteiger partial charge in [0, 0.05) is 4.47 Å². The Bertz CT molecular complexity index is 669. The van der Waals surface area contributed by atoms with E-state index in [0.717, 1.165) is 17.3 Å². The number of nitrogens with one attached hydrogen (secondary N) is 1. The summed E-state index contributed by atoms with van der Waals surface area (Å²) in [6.45, 7) is 1.78. The van der Waals surface area contributed by atoms with Crippen molar-refractivity contribution in [3.63, 3.8) is 0 Å². The molecule has 0 spiro atoms. The van der Waals surface area contributed by atoms with Gasteiger partial charge in [-0.2, -0.15) is 0 Å². The molecule has 2 aromatic carbocycles. The molecule has 1 aliphatic carbocycles. The maximum absolute atomic E-state index is 12.3. The van der Waals surface area contributed by atoms with Gasteiger partial charge in [-0.3, -0.25) is 4.79 Å². The van der Waals surface area contributed by atoms with Crippen molar-refractivity contribution in [1.29, 1.82) is 0 Å². The average molecular weight is 360 g/mol. The van der Waals surface area contributed by atoms with Crippen LogP contribution >= 0.6 is 15.9 Å². The first kappa shape index (κ1) is 15.1. The molecular weight excluding hydrogens is 342 g/mol. The monoisotopic (exact) mass is 359 g/mol. The van der Waals surface area contributed by atoms with Crippen molar-refractivity contribution in [3.8, 4) is 5.75 Å². The number of hydrogen-bond donors (Lipinski definition) is 1. The van der Waals surface area contributed by atoms with Crippen LogP contribution in [0.4, 0.5) is 0 Å². The highest BCUT2D eigenvalue weighted by molar-refractivity contribution is 9.10. The Balaban J connectivity index is 1.61. The molecule has 22 heavy (non-hydrogen) atoms. The molecule has 0 aliphatic heterocycles. The quantitative estimate of drug-likeness (QED) is 0.895. The molecule has 3 nitrogen and oxygen atoms in total. The Labute approximate surface area is 138 Å². The summed E-state index contributed by atoms with van der Waals surface area (Å²) in [4.78, 5) is 12.3. The first-order valence-corrected chi connectivity index (χ1v) is 8.23. The molecule has 0 fully saturated rings. The fourth-order valence-corrected chi connectivity index (χ4v) is 3.03. The van der Waals surface area contributed by atoms with Crippen LogP contribution in [0.5, 0.6) is 5.75 Å². The van der Waals surface area contributed by atoms with Gasteiger partial charge in [-0.1, -0.05) is 40.2 Å². The van der Waals surface area contributed by atoms with Gasteiger partial charge in [0.25, 0.3) is 5.91 Å². The topological polar surface area (TPSA) is 38.3 Å². The zero-order valence-corrected chi connectivity index (χ0v) is 14.0. The van der Waals surface area contributed by atoms with Crippen molar-refractivity contribution >= 4 is 21.8 Å². The van der Waals surface area contributed by atoms with Crippen molar-refractivity contribution in [2.45, 2.75) is 31.9 Å². The normalized spacial score (nSPS) is 17.6. The van der Waals surface area contributed by atoms with Crippen LogP contribution in [0.1, 0.15) is 30.5 Å². The summed E-state index contributed by atoms with van der Waals surface area (Å²) >= 11 is 3.38. The van der Waals surface area contributed by atoms with Crippen molar-refractivity contribution < 1.29 is 9.53 Å². The van der Waals surface area contributed by atoms with Gasteiger partial charge in [-0.05, 0) is 55.2 Å². The van der Waals surface area contributed by atoms with Crippen LogP contribution in [0.25, 0.3) is 0 Å². The zero-order chi connectivity index (χ0) is 15.5. The number of amides is 1. The number of carbonyl (C=O) groups is 1. The number of ether oxygens (including phenoxy) is 1. The minimum Gasteiger partial charge on any atom is -0.481 e. The Morgan fingerprint density at radius 1 is 1.23 bits per heavy atom. The summed E-state index contributed by atoms with van der Waals surface area (Å²) < 4.78 is 6.68. The average Bonchev–Trinajstić information content (AvgIpc) is 2.93. The van der Waals surface area contributed by atoms with Crippen molar-refractivity contribution in [3.05, 3.63) is 64.1 Å². The molecule has 0 bridgehead atoms. The predicted octanol–water partition coefficient (Wildman–Crippen LogP) is 4.02. The van der Waals surface area contributed by atoms with Crippen LogP contribution < -0.4 is 10.1 Å². The van der Waals surface area contributed by atoms with E-state index in [1.165, 1.54) is 11.1 Å². The molecule has 1 amide bonds. The first-order valence-electron chi connectivity index (χ1n) is 7.44. The molecule has 1 N–H and O–H groups in total. The third kappa shape index (κ3) is 3.33. The van der Waals surface area contributed by atoms with Gasteiger partial charge in [-0.25, -0.2) is 0 Å². The van der Waals surface area contributed by atoms with Crippen molar-refractivity contribution in [2.75, 3.05) is 0 Å².